The van der Waals surface area contributed by atoms with Crippen LogP contribution in [0.3, 0.4) is 0 Å². The van der Waals surface area contributed by atoms with E-state index in [0.29, 0.717) is 30.6 Å². The average molecular weight is 296 g/mol. The number of benzene rings is 1. The molecule has 0 heterocycles. The Balaban J connectivity index is 2.47. The van der Waals surface area contributed by atoms with Crippen LogP contribution in [-0.4, -0.2) is 53.6 Å². The molecule has 1 atom stereocenters. The number of nitrogen functional groups attached to an aromatic ring is 1. The van der Waals surface area contributed by atoms with Crippen LogP contribution in [0.2, 0.25) is 0 Å². The van der Waals surface area contributed by atoms with Gasteiger partial charge in [-0.05, 0) is 25.0 Å². The van der Waals surface area contributed by atoms with Crippen LogP contribution >= 0.6 is 0 Å². The molecule has 0 aliphatic rings. The molecule has 0 radical (unpaired) electrons. The molecular formula is C16H28N2O3. The van der Waals surface area contributed by atoms with E-state index in [1.807, 2.05) is 12.1 Å². The maximum Gasteiger partial charge on any atom is 0.121 e. The van der Waals surface area contributed by atoms with Crippen LogP contribution in [0.4, 0.5) is 5.69 Å². The molecule has 1 aromatic carbocycles. The fourth-order valence-electron chi connectivity index (χ4n) is 2.48. The van der Waals surface area contributed by atoms with Gasteiger partial charge in [0.15, 0.2) is 0 Å². The third-order valence-corrected chi connectivity index (χ3v) is 3.59. The smallest absolute Gasteiger partial charge is 0.121 e. The predicted octanol–water partition coefficient (Wildman–Crippen LogP) is 1.49. The van der Waals surface area contributed by atoms with E-state index in [1.54, 1.807) is 12.1 Å². The summed E-state index contributed by atoms with van der Waals surface area (Å²) in [7, 11) is 0. The summed E-state index contributed by atoms with van der Waals surface area (Å²) < 4.78 is 5.56. The van der Waals surface area contributed by atoms with E-state index in [0.717, 1.165) is 12.8 Å². The van der Waals surface area contributed by atoms with E-state index in [9.17, 15) is 5.11 Å². The van der Waals surface area contributed by atoms with E-state index >= 15 is 0 Å². The van der Waals surface area contributed by atoms with Crippen LogP contribution in [0.25, 0.3) is 0 Å². The minimum atomic E-state index is -0.599. The van der Waals surface area contributed by atoms with Crippen molar-refractivity contribution in [1.82, 2.24) is 4.90 Å². The van der Waals surface area contributed by atoms with Gasteiger partial charge in [0.1, 0.15) is 18.5 Å². The summed E-state index contributed by atoms with van der Waals surface area (Å²) in [6.07, 6.45) is 1.40. The van der Waals surface area contributed by atoms with Crippen LogP contribution < -0.4 is 10.5 Å². The zero-order valence-electron chi connectivity index (χ0n) is 13.0. The maximum atomic E-state index is 10.1. The van der Waals surface area contributed by atoms with Gasteiger partial charge in [-0.1, -0.05) is 19.9 Å². The third kappa shape index (κ3) is 6.33. The van der Waals surface area contributed by atoms with Crippen molar-refractivity contribution in [1.29, 1.82) is 0 Å². The maximum absolute atomic E-state index is 10.1. The molecular weight excluding hydrogens is 268 g/mol. The van der Waals surface area contributed by atoms with E-state index in [4.69, 9.17) is 15.6 Å². The number of aliphatic hydroxyl groups is 2. The van der Waals surface area contributed by atoms with Gasteiger partial charge in [0.25, 0.3) is 0 Å². The zero-order chi connectivity index (χ0) is 15.7. The molecule has 0 spiro atoms. The fourth-order valence-corrected chi connectivity index (χ4v) is 2.48. The first kappa shape index (κ1) is 17.8. The number of ether oxygens (including phenoxy) is 1. The molecule has 0 aliphatic heterocycles. The van der Waals surface area contributed by atoms with Gasteiger partial charge in [0.05, 0.1) is 6.61 Å². The van der Waals surface area contributed by atoms with Crippen LogP contribution in [0.5, 0.6) is 5.75 Å². The molecule has 5 heteroatoms. The molecule has 0 fully saturated rings. The number of hydrogen-bond donors (Lipinski definition) is 3. The molecule has 5 nitrogen and oxygen atoms in total. The Hall–Kier alpha value is -1.30. The minimum absolute atomic E-state index is 0.0965. The monoisotopic (exact) mass is 296 g/mol. The Kier molecular flexibility index (Phi) is 8.12. The standard InChI is InChI=1S/C16H28N2O3/c1-3-14(4-2)18(8-9-19)11-15(20)12-21-16-7-5-6-13(17)10-16/h5-7,10,14-15,19-20H,3-4,8-9,11-12,17H2,1-2H3. The predicted molar refractivity (Wildman–Crippen MR) is 85.4 cm³/mol. The quantitative estimate of drug-likeness (QED) is 0.570. The lowest BCUT2D eigenvalue weighted by Crippen LogP contribution is -2.43. The topological polar surface area (TPSA) is 79.0 Å². The van der Waals surface area contributed by atoms with Gasteiger partial charge in [-0.3, -0.25) is 4.90 Å². The molecule has 4 N–H and O–H groups in total. The van der Waals surface area contributed by atoms with Crippen LogP contribution in [0.15, 0.2) is 24.3 Å². The van der Waals surface area contributed by atoms with Crippen LogP contribution in [0.1, 0.15) is 26.7 Å². The Morgan fingerprint density at radius 2 is 2.00 bits per heavy atom. The number of rotatable bonds is 10. The van der Waals surface area contributed by atoms with Crippen molar-refractivity contribution in [2.24, 2.45) is 0 Å². The first-order chi connectivity index (χ1) is 10.1. The van der Waals surface area contributed by atoms with Crippen molar-refractivity contribution >= 4 is 5.69 Å². The number of nitrogens with zero attached hydrogens (tertiary/aromatic N) is 1. The van der Waals surface area contributed by atoms with Crippen molar-refractivity contribution in [2.45, 2.75) is 38.8 Å². The van der Waals surface area contributed by atoms with Crippen molar-refractivity contribution in [3.05, 3.63) is 24.3 Å². The Bertz CT molecular complexity index is 397. The van der Waals surface area contributed by atoms with Gasteiger partial charge in [0, 0.05) is 30.9 Å². The summed E-state index contributed by atoms with van der Waals surface area (Å²) in [6, 6.07) is 7.53. The Morgan fingerprint density at radius 3 is 2.57 bits per heavy atom. The molecule has 1 rings (SSSR count). The van der Waals surface area contributed by atoms with E-state index in [-0.39, 0.29) is 13.2 Å². The third-order valence-electron chi connectivity index (χ3n) is 3.59. The van der Waals surface area contributed by atoms with Crippen molar-refractivity contribution in [3.8, 4) is 5.75 Å². The van der Waals surface area contributed by atoms with Gasteiger partial charge in [-0.25, -0.2) is 0 Å². The molecule has 21 heavy (non-hydrogen) atoms. The highest BCUT2D eigenvalue weighted by Crippen LogP contribution is 2.15. The summed E-state index contributed by atoms with van der Waals surface area (Å²) in [5, 5.41) is 19.3. The highest BCUT2D eigenvalue weighted by Gasteiger charge is 2.18. The first-order valence-corrected chi connectivity index (χ1v) is 7.62. The number of nitrogens with two attached hydrogens (primary N) is 1. The largest absolute Gasteiger partial charge is 0.491 e. The van der Waals surface area contributed by atoms with E-state index in [1.165, 1.54) is 0 Å². The minimum Gasteiger partial charge on any atom is -0.491 e. The number of anilines is 1. The second-order valence-corrected chi connectivity index (χ2v) is 5.23. The molecule has 0 aliphatic carbocycles. The normalized spacial score (nSPS) is 12.9. The highest BCUT2D eigenvalue weighted by atomic mass is 16.5. The number of aliphatic hydroxyl groups excluding tert-OH is 2. The molecule has 0 saturated carbocycles. The Labute approximate surface area is 127 Å². The second kappa shape index (κ2) is 9.60. The van der Waals surface area contributed by atoms with Crippen molar-refractivity contribution in [2.75, 3.05) is 32.0 Å². The van der Waals surface area contributed by atoms with Crippen molar-refractivity contribution in [3.63, 3.8) is 0 Å². The highest BCUT2D eigenvalue weighted by molar-refractivity contribution is 5.43. The van der Waals surface area contributed by atoms with Crippen LogP contribution in [0, 0.1) is 0 Å². The second-order valence-electron chi connectivity index (χ2n) is 5.23. The first-order valence-electron chi connectivity index (χ1n) is 7.62. The molecule has 0 bridgehead atoms. The summed E-state index contributed by atoms with van der Waals surface area (Å²) >= 11 is 0. The van der Waals surface area contributed by atoms with Gasteiger partial charge in [0.2, 0.25) is 0 Å². The zero-order valence-corrected chi connectivity index (χ0v) is 13.0. The van der Waals surface area contributed by atoms with Gasteiger partial charge in [-0.2, -0.15) is 0 Å². The SMILES string of the molecule is CCC(CC)N(CCO)CC(O)COc1cccc(N)c1. The number of hydrogen-bond acceptors (Lipinski definition) is 5. The molecule has 0 aromatic heterocycles. The molecule has 1 aromatic rings. The van der Waals surface area contributed by atoms with Crippen LogP contribution in [-0.2, 0) is 0 Å². The fraction of sp³-hybridized carbons (Fsp3) is 0.625. The van der Waals surface area contributed by atoms with Gasteiger partial charge >= 0.3 is 0 Å². The molecule has 0 saturated heterocycles. The lowest BCUT2D eigenvalue weighted by atomic mass is 10.1. The van der Waals surface area contributed by atoms with E-state index in [2.05, 4.69) is 18.7 Å². The van der Waals surface area contributed by atoms with Crippen molar-refractivity contribution < 1.29 is 14.9 Å². The summed E-state index contributed by atoms with van der Waals surface area (Å²) in [4.78, 5) is 2.12. The molecule has 0 amide bonds. The van der Waals surface area contributed by atoms with Gasteiger partial charge in [-0.15, -0.1) is 0 Å². The lowest BCUT2D eigenvalue weighted by molar-refractivity contribution is 0.0423. The summed E-state index contributed by atoms with van der Waals surface area (Å²) in [6.45, 7) is 5.62. The molecule has 1 unspecified atom stereocenters. The summed E-state index contributed by atoms with van der Waals surface area (Å²) in [5.41, 5.74) is 6.32. The van der Waals surface area contributed by atoms with E-state index < -0.39 is 6.10 Å². The average Bonchev–Trinajstić information content (AvgIpc) is 2.47. The molecule has 120 valence electrons. The lowest BCUT2D eigenvalue weighted by Gasteiger charge is -2.31. The summed E-state index contributed by atoms with van der Waals surface area (Å²) in [5.74, 6) is 0.658. The Morgan fingerprint density at radius 1 is 1.29 bits per heavy atom. The van der Waals surface area contributed by atoms with Gasteiger partial charge < -0.3 is 20.7 Å².